The Kier molecular flexibility index (Phi) is 6.67. The average Bonchev–Trinajstić information content (AvgIpc) is 2.62. The van der Waals surface area contributed by atoms with Crippen molar-refractivity contribution in [1.29, 1.82) is 0 Å². The van der Waals surface area contributed by atoms with Crippen LogP contribution < -0.4 is 0 Å². The van der Waals surface area contributed by atoms with E-state index in [0.717, 1.165) is 12.1 Å². The summed E-state index contributed by atoms with van der Waals surface area (Å²) in [5.41, 5.74) is -0.0690. The zero-order chi connectivity index (χ0) is 20.0. The Hall–Kier alpha value is -3.20. The lowest BCUT2D eigenvalue weighted by Crippen LogP contribution is -1.95. The minimum Gasteiger partial charge on any atom is -0.258 e. The molecule has 0 radical (unpaired) electrons. The van der Waals surface area contributed by atoms with Crippen molar-refractivity contribution in [3.63, 3.8) is 0 Å². The van der Waals surface area contributed by atoms with Gasteiger partial charge in [-0.1, -0.05) is 42.5 Å². The summed E-state index contributed by atoms with van der Waals surface area (Å²) in [6.45, 7) is 0. The first-order valence-corrected chi connectivity index (χ1v) is 8.19. The molecule has 0 unspecified atom stereocenters. The number of benzene rings is 3. The van der Waals surface area contributed by atoms with Gasteiger partial charge in [0.15, 0.2) is 0 Å². The summed E-state index contributed by atoms with van der Waals surface area (Å²) in [5.74, 6) is -1.64. The van der Waals surface area contributed by atoms with Crippen molar-refractivity contribution in [1.82, 2.24) is 0 Å². The van der Waals surface area contributed by atoms with Gasteiger partial charge in [0.25, 0.3) is 0 Å². The van der Waals surface area contributed by atoms with Crippen LogP contribution in [0.1, 0.15) is 0 Å². The van der Waals surface area contributed by atoms with Crippen LogP contribution in [-0.2, 0) is 0 Å². The molecule has 0 aliphatic rings. The molecule has 0 aliphatic carbocycles. The van der Waals surface area contributed by atoms with Gasteiger partial charge >= 0.3 is 11.4 Å². The van der Waals surface area contributed by atoms with E-state index in [-0.39, 0.29) is 4.47 Å². The van der Waals surface area contributed by atoms with Gasteiger partial charge in [0.1, 0.15) is 0 Å². The molecule has 3 aromatic rings. The summed E-state index contributed by atoms with van der Waals surface area (Å²) in [5, 5.41) is 21.0. The number of hydrogen-bond donors (Lipinski definition) is 0. The van der Waals surface area contributed by atoms with Gasteiger partial charge in [0, 0.05) is 0 Å². The molecule has 0 saturated carbocycles. The molecule has 27 heavy (non-hydrogen) atoms. The number of nitro benzene ring substituents is 2. The van der Waals surface area contributed by atoms with Crippen LogP contribution in [0.2, 0.25) is 0 Å². The van der Waals surface area contributed by atoms with Gasteiger partial charge in [-0.3, -0.25) is 20.2 Å². The van der Waals surface area contributed by atoms with E-state index in [1.807, 2.05) is 0 Å². The summed E-state index contributed by atoms with van der Waals surface area (Å²) in [7, 11) is 0. The Labute approximate surface area is 160 Å². The Bertz CT molecular complexity index is 964. The molecule has 0 spiro atoms. The zero-order valence-corrected chi connectivity index (χ0v) is 15.1. The summed E-state index contributed by atoms with van der Waals surface area (Å²) in [6.07, 6.45) is 0. The molecule has 0 N–H and O–H groups in total. The van der Waals surface area contributed by atoms with E-state index >= 15 is 0 Å². The number of halogens is 3. The Morgan fingerprint density at radius 2 is 1.22 bits per heavy atom. The number of para-hydroxylation sites is 2. The number of nitro groups is 2. The number of nitrogens with zero attached hydrogens (tertiary/aromatic N) is 2. The molecule has 0 heterocycles. The molecule has 0 aliphatic heterocycles. The van der Waals surface area contributed by atoms with Gasteiger partial charge in [-0.2, -0.15) is 8.78 Å². The molecule has 3 rings (SSSR count). The SMILES string of the molecule is O=[N+]([O-])c1c(F)cccc1-c1ccccc1.O=[N+]([O-])c1c(F)cccc1Br. The predicted molar refractivity (Wildman–Crippen MR) is 99.2 cm³/mol. The largest absolute Gasteiger partial charge is 0.318 e. The lowest BCUT2D eigenvalue weighted by Gasteiger charge is -2.03. The molecule has 0 bridgehead atoms. The van der Waals surface area contributed by atoms with Crippen molar-refractivity contribution in [3.05, 3.63) is 103 Å². The molecule has 6 nitrogen and oxygen atoms in total. The van der Waals surface area contributed by atoms with Crippen LogP contribution >= 0.6 is 15.9 Å². The molecular weight excluding hydrogens is 426 g/mol. The molecule has 3 aromatic carbocycles. The zero-order valence-electron chi connectivity index (χ0n) is 13.5. The molecule has 0 amide bonds. The van der Waals surface area contributed by atoms with E-state index in [1.165, 1.54) is 24.3 Å². The first-order valence-electron chi connectivity index (χ1n) is 7.39. The van der Waals surface area contributed by atoms with Crippen molar-refractivity contribution in [2.45, 2.75) is 0 Å². The van der Waals surface area contributed by atoms with E-state index in [2.05, 4.69) is 15.9 Å². The molecule has 0 aromatic heterocycles. The fraction of sp³-hybridized carbons (Fsp3) is 0. The molecular formula is C18H11BrF2N2O4. The smallest absolute Gasteiger partial charge is 0.258 e. The lowest BCUT2D eigenvalue weighted by molar-refractivity contribution is -0.388. The van der Waals surface area contributed by atoms with Crippen molar-refractivity contribution in [3.8, 4) is 11.1 Å². The molecule has 0 atom stereocenters. The van der Waals surface area contributed by atoms with E-state index < -0.39 is 32.9 Å². The monoisotopic (exact) mass is 436 g/mol. The second-order valence-corrected chi connectivity index (χ2v) is 5.94. The van der Waals surface area contributed by atoms with Crippen LogP contribution in [0, 0.1) is 31.9 Å². The molecule has 0 fully saturated rings. The van der Waals surface area contributed by atoms with Crippen molar-refractivity contribution >= 4 is 27.3 Å². The highest BCUT2D eigenvalue weighted by Crippen LogP contribution is 2.31. The minimum atomic E-state index is -0.829. The highest BCUT2D eigenvalue weighted by Gasteiger charge is 2.20. The summed E-state index contributed by atoms with van der Waals surface area (Å²) >= 11 is 2.87. The predicted octanol–water partition coefficient (Wildman–Crippen LogP) is 5.90. The van der Waals surface area contributed by atoms with Gasteiger partial charge in [-0.15, -0.1) is 0 Å². The summed E-state index contributed by atoms with van der Waals surface area (Å²) in [6, 6.07) is 16.7. The van der Waals surface area contributed by atoms with E-state index in [1.54, 1.807) is 30.3 Å². The molecule has 9 heteroatoms. The van der Waals surface area contributed by atoms with Crippen molar-refractivity contribution < 1.29 is 18.6 Å². The maximum Gasteiger partial charge on any atom is 0.318 e. The van der Waals surface area contributed by atoms with Crippen molar-refractivity contribution in [2.24, 2.45) is 0 Å². The second-order valence-electron chi connectivity index (χ2n) is 5.09. The van der Waals surface area contributed by atoms with Crippen LogP contribution in [0.15, 0.2) is 71.2 Å². The minimum absolute atomic E-state index is 0.155. The van der Waals surface area contributed by atoms with Crippen LogP contribution in [0.25, 0.3) is 11.1 Å². The normalized spacial score (nSPS) is 9.89. The molecule has 0 saturated heterocycles. The van der Waals surface area contributed by atoms with Crippen LogP contribution in [0.3, 0.4) is 0 Å². The van der Waals surface area contributed by atoms with Gasteiger partial charge in [0.2, 0.25) is 11.6 Å². The third-order valence-corrected chi connectivity index (χ3v) is 4.01. The first-order chi connectivity index (χ1) is 12.8. The number of rotatable bonds is 3. The highest BCUT2D eigenvalue weighted by atomic mass is 79.9. The van der Waals surface area contributed by atoms with E-state index in [9.17, 15) is 29.0 Å². The van der Waals surface area contributed by atoms with E-state index in [0.29, 0.717) is 11.1 Å². The van der Waals surface area contributed by atoms with Crippen molar-refractivity contribution in [2.75, 3.05) is 0 Å². The van der Waals surface area contributed by atoms with Gasteiger partial charge in [0.05, 0.1) is 19.9 Å². The Balaban J connectivity index is 0.000000208. The maximum absolute atomic E-state index is 13.3. The Morgan fingerprint density at radius 1 is 0.704 bits per heavy atom. The third-order valence-electron chi connectivity index (χ3n) is 3.37. The van der Waals surface area contributed by atoms with Gasteiger partial charge < -0.3 is 0 Å². The van der Waals surface area contributed by atoms with Gasteiger partial charge in [-0.05, 0) is 45.8 Å². The Morgan fingerprint density at radius 3 is 1.70 bits per heavy atom. The van der Waals surface area contributed by atoms with E-state index in [4.69, 9.17) is 0 Å². The lowest BCUT2D eigenvalue weighted by atomic mass is 10.0. The standard InChI is InChI=1S/C12H8FNO2.C6H3BrFNO2/c13-11-8-4-7-10(12(11)14(15)16)9-5-2-1-3-6-9;7-4-2-1-3-5(8)6(4)9(10)11/h1-8H;1-3H. The molecule has 138 valence electrons. The van der Waals surface area contributed by atoms with Gasteiger partial charge in [-0.25, -0.2) is 0 Å². The highest BCUT2D eigenvalue weighted by molar-refractivity contribution is 9.10. The fourth-order valence-electron chi connectivity index (χ4n) is 2.21. The summed E-state index contributed by atoms with van der Waals surface area (Å²) < 4.78 is 26.1. The summed E-state index contributed by atoms with van der Waals surface area (Å²) in [4.78, 5) is 19.5. The maximum atomic E-state index is 13.3. The average molecular weight is 437 g/mol. The van der Waals surface area contributed by atoms with Crippen LogP contribution in [-0.4, -0.2) is 9.85 Å². The quantitative estimate of drug-likeness (QED) is 0.377. The van der Waals surface area contributed by atoms with Crippen LogP contribution in [0.5, 0.6) is 0 Å². The topological polar surface area (TPSA) is 86.3 Å². The first kappa shape index (κ1) is 20.1. The third kappa shape index (κ3) is 4.91. The number of hydrogen-bond acceptors (Lipinski definition) is 4. The fourth-order valence-corrected chi connectivity index (χ4v) is 2.70. The second kappa shape index (κ2) is 8.95. The van der Waals surface area contributed by atoms with Crippen LogP contribution in [0.4, 0.5) is 20.2 Å².